The smallest absolute Gasteiger partial charge is 0.190 e. The minimum atomic E-state index is -0.146. The number of nitrogens with zero attached hydrogens (tertiary/aromatic N) is 3. The van der Waals surface area contributed by atoms with Crippen LogP contribution in [-0.4, -0.2) is 25.6 Å². The third-order valence-corrected chi connectivity index (χ3v) is 4.94. The molecule has 0 saturated heterocycles. The number of carbonyl (C=O) groups is 1. The molecule has 0 fully saturated rings. The summed E-state index contributed by atoms with van der Waals surface area (Å²) in [4.78, 5) is 16.4. The Balaban J connectivity index is 2.23. The van der Waals surface area contributed by atoms with Gasteiger partial charge in [0.15, 0.2) is 5.16 Å². The molecule has 5 heteroatoms. The molecule has 3 aromatic rings. The number of hydrogen-bond donors (Lipinski definition) is 0. The van der Waals surface area contributed by atoms with E-state index >= 15 is 0 Å². The van der Waals surface area contributed by atoms with Crippen molar-refractivity contribution in [2.45, 2.75) is 38.1 Å². The van der Waals surface area contributed by atoms with Crippen LogP contribution in [0.5, 0.6) is 0 Å². The van der Waals surface area contributed by atoms with Crippen molar-refractivity contribution in [1.29, 1.82) is 0 Å². The predicted octanol–water partition coefficient (Wildman–Crippen LogP) is 4.08. The van der Waals surface area contributed by atoms with Crippen molar-refractivity contribution in [2.24, 2.45) is 0 Å². The summed E-state index contributed by atoms with van der Waals surface area (Å²) in [5.74, 6) is 0.136. The highest BCUT2D eigenvalue weighted by Gasteiger charge is 2.20. The fraction of sp³-hybridized carbons (Fsp3) is 0.278. The first-order chi connectivity index (χ1) is 11.0. The Kier molecular flexibility index (Phi) is 4.22. The van der Waals surface area contributed by atoms with Crippen LogP contribution in [0.4, 0.5) is 0 Å². The predicted molar refractivity (Wildman–Crippen MR) is 93.9 cm³/mol. The second-order valence-corrected chi connectivity index (χ2v) is 7.02. The Bertz CT molecular complexity index is 871. The van der Waals surface area contributed by atoms with Gasteiger partial charge in [-0.25, -0.2) is 9.50 Å². The van der Waals surface area contributed by atoms with Crippen LogP contribution in [0.2, 0.25) is 0 Å². The summed E-state index contributed by atoms with van der Waals surface area (Å²) in [6.45, 7) is 7.55. The zero-order valence-electron chi connectivity index (χ0n) is 13.7. The number of benzene rings is 1. The van der Waals surface area contributed by atoms with Crippen LogP contribution in [0.3, 0.4) is 0 Å². The lowest BCUT2D eigenvalue weighted by atomic mass is 10.1. The lowest BCUT2D eigenvalue weighted by Gasteiger charge is -2.07. The molecule has 0 saturated carbocycles. The monoisotopic (exact) mass is 325 g/mol. The molecule has 1 aromatic carbocycles. The van der Waals surface area contributed by atoms with Crippen molar-refractivity contribution in [3.05, 3.63) is 47.7 Å². The number of Topliss-reactive ketones (excluding diaryl/α,β-unsaturated/α-hetero) is 1. The minimum Gasteiger partial charge on any atom is -0.299 e. The Labute approximate surface area is 139 Å². The molecule has 118 valence electrons. The Morgan fingerprint density at radius 2 is 1.91 bits per heavy atom. The van der Waals surface area contributed by atoms with E-state index in [0.717, 1.165) is 33.2 Å². The number of hydrogen-bond acceptors (Lipinski definition) is 4. The molecular formula is C18H19N3OS. The molecule has 2 aromatic heterocycles. The van der Waals surface area contributed by atoms with Gasteiger partial charge in [0, 0.05) is 5.56 Å². The second kappa shape index (κ2) is 6.16. The van der Waals surface area contributed by atoms with E-state index in [-0.39, 0.29) is 11.0 Å². The molecule has 0 bridgehead atoms. The van der Waals surface area contributed by atoms with Gasteiger partial charge in [-0.3, -0.25) is 4.79 Å². The molecule has 0 radical (unpaired) electrons. The Morgan fingerprint density at radius 1 is 1.22 bits per heavy atom. The van der Waals surface area contributed by atoms with Gasteiger partial charge in [0.2, 0.25) is 0 Å². The fourth-order valence-electron chi connectivity index (χ4n) is 2.52. The summed E-state index contributed by atoms with van der Waals surface area (Å²) in [5, 5.41) is 5.23. The maximum atomic E-state index is 11.6. The summed E-state index contributed by atoms with van der Waals surface area (Å²) in [7, 11) is 0. The second-order valence-electron chi connectivity index (χ2n) is 5.71. The number of fused-ring (bicyclic) bond motifs is 1. The number of rotatable bonds is 4. The molecule has 4 nitrogen and oxygen atoms in total. The first-order valence-electron chi connectivity index (χ1n) is 7.57. The highest BCUT2D eigenvalue weighted by atomic mass is 32.2. The van der Waals surface area contributed by atoms with Crippen LogP contribution in [0, 0.1) is 13.8 Å². The Hall–Kier alpha value is -2.14. The van der Waals surface area contributed by atoms with Gasteiger partial charge in [-0.15, -0.1) is 0 Å². The van der Waals surface area contributed by atoms with Crippen LogP contribution >= 0.6 is 11.8 Å². The molecule has 1 atom stereocenters. The van der Waals surface area contributed by atoms with Crippen molar-refractivity contribution >= 4 is 23.1 Å². The van der Waals surface area contributed by atoms with E-state index in [1.807, 2.05) is 48.7 Å². The zero-order chi connectivity index (χ0) is 16.6. The minimum absolute atomic E-state index is 0.136. The van der Waals surface area contributed by atoms with Gasteiger partial charge in [-0.1, -0.05) is 42.1 Å². The first-order valence-corrected chi connectivity index (χ1v) is 8.45. The highest BCUT2D eigenvalue weighted by Crippen LogP contribution is 2.32. The van der Waals surface area contributed by atoms with Crippen LogP contribution in [-0.2, 0) is 4.79 Å². The summed E-state index contributed by atoms with van der Waals surface area (Å²) >= 11 is 1.45. The molecule has 0 aliphatic rings. The molecule has 0 aliphatic heterocycles. The van der Waals surface area contributed by atoms with Crippen molar-refractivity contribution < 1.29 is 4.79 Å². The number of ketones is 1. The topological polar surface area (TPSA) is 47.3 Å². The fourth-order valence-corrected chi connectivity index (χ4v) is 3.38. The van der Waals surface area contributed by atoms with Gasteiger partial charge in [0.05, 0.1) is 22.2 Å². The van der Waals surface area contributed by atoms with Gasteiger partial charge in [-0.05, 0) is 39.3 Å². The molecule has 0 aliphatic carbocycles. The van der Waals surface area contributed by atoms with Crippen LogP contribution in [0.15, 0.2) is 41.6 Å². The molecule has 0 N–H and O–H groups in total. The normalized spacial score (nSPS) is 12.5. The quantitative estimate of drug-likeness (QED) is 0.678. The number of aromatic nitrogens is 3. The van der Waals surface area contributed by atoms with E-state index in [4.69, 9.17) is 4.98 Å². The van der Waals surface area contributed by atoms with E-state index < -0.39 is 0 Å². The molecular weight excluding hydrogens is 306 g/mol. The summed E-state index contributed by atoms with van der Waals surface area (Å²) in [6.07, 6.45) is 0. The standard InChI is InChI=1S/C18H19N3OS/c1-11-10-12(2)20-21-17(11)16(15-8-6-5-7-9-15)19-18(21)23-14(4)13(3)22/h5-10,14H,1-4H3/t14-/m1/s1. The average Bonchev–Trinajstić information content (AvgIpc) is 2.87. The van der Waals surface area contributed by atoms with Crippen molar-refractivity contribution in [1.82, 2.24) is 14.6 Å². The van der Waals surface area contributed by atoms with E-state index in [1.165, 1.54) is 11.8 Å². The van der Waals surface area contributed by atoms with Crippen LogP contribution in [0.25, 0.3) is 16.8 Å². The summed E-state index contributed by atoms with van der Waals surface area (Å²) < 4.78 is 1.87. The maximum Gasteiger partial charge on any atom is 0.190 e. The molecule has 0 unspecified atom stereocenters. The molecule has 0 amide bonds. The van der Waals surface area contributed by atoms with Crippen molar-refractivity contribution in [2.75, 3.05) is 0 Å². The third kappa shape index (κ3) is 3.01. The molecule has 3 rings (SSSR count). The Morgan fingerprint density at radius 3 is 2.57 bits per heavy atom. The largest absolute Gasteiger partial charge is 0.299 e. The third-order valence-electron chi connectivity index (χ3n) is 3.78. The average molecular weight is 325 g/mol. The SMILES string of the molecule is CC(=O)[C@@H](C)Sc1nc(-c2ccccc2)c2c(C)cc(C)nn12. The highest BCUT2D eigenvalue weighted by molar-refractivity contribution is 8.00. The number of carbonyl (C=O) groups excluding carboxylic acids is 1. The summed E-state index contributed by atoms with van der Waals surface area (Å²) in [6, 6.07) is 12.1. The van der Waals surface area contributed by atoms with Gasteiger partial charge >= 0.3 is 0 Å². The van der Waals surface area contributed by atoms with Crippen molar-refractivity contribution in [3.63, 3.8) is 0 Å². The first kappa shape index (κ1) is 15.7. The zero-order valence-corrected chi connectivity index (χ0v) is 14.5. The number of imidazole rings is 1. The van der Waals surface area contributed by atoms with Crippen LogP contribution in [0.1, 0.15) is 25.1 Å². The van der Waals surface area contributed by atoms with E-state index in [9.17, 15) is 4.79 Å². The number of thioether (sulfide) groups is 1. The molecule has 0 spiro atoms. The van der Waals surface area contributed by atoms with Gasteiger partial charge in [0.1, 0.15) is 5.78 Å². The molecule has 23 heavy (non-hydrogen) atoms. The van der Waals surface area contributed by atoms with Gasteiger partial charge < -0.3 is 0 Å². The summed E-state index contributed by atoms with van der Waals surface area (Å²) in [5.41, 5.74) is 5.03. The van der Waals surface area contributed by atoms with E-state index in [2.05, 4.69) is 18.1 Å². The lowest BCUT2D eigenvalue weighted by Crippen LogP contribution is -2.09. The maximum absolute atomic E-state index is 11.6. The van der Waals surface area contributed by atoms with Gasteiger partial charge in [-0.2, -0.15) is 5.10 Å². The van der Waals surface area contributed by atoms with Gasteiger partial charge in [0.25, 0.3) is 0 Å². The van der Waals surface area contributed by atoms with Crippen LogP contribution < -0.4 is 0 Å². The lowest BCUT2D eigenvalue weighted by molar-refractivity contribution is -0.116. The van der Waals surface area contributed by atoms with Crippen molar-refractivity contribution in [3.8, 4) is 11.3 Å². The van der Waals surface area contributed by atoms with E-state index in [0.29, 0.717) is 0 Å². The van der Waals surface area contributed by atoms with E-state index in [1.54, 1.807) is 6.92 Å². The molecule has 2 heterocycles. The number of aryl methyl sites for hydroxylation is 2.